The summed E-state index contributed by atoms with van der Waals surface area (Å²) in [5, 5.41) is 6.27. The average molecular weight is 421 g/mol. The maximum absolute atomic E-state index is 11.0. The molecule has 0 aliphatic carbocycles. The van der Waals surface area contributed by atoms with Crippen LogP contribution in [-0.2, 0) is 14.6 Å². The van der Waals surface area contributed by atoms with Gasteiger partial charge in [-0.25, -0.2) is 8.42 Å². The van der Waals surface area contributed by atoms with Crippen LogP contribution in [0.25, 0.3) is 0 Å². The van der Waals surface area contributed by atoms with Crippen molar-refractivity contribution in [3.05, 3.63) is 0 Å². The fraction of sp³-hybridized carbons (Fsp3) is 0.917. The standard InChI is InChI=1S/C12H27N3O3S.HI/c1-4-18-10-6-5-8-14-12(13-2)15-9-7-11-19(3,16)17;/h4-11H2,1-3H3,(H2,13,14,15);1H. The number of guanidine groups is 1. The first-order chi connectivity index (χ1) is 8.99. The number of rotatable bonds is 10. The minimum absolute atomic E-state index is 0. The maximum atomic E-state index is 11.0. The summed E-state index contributed by atoms with van der Waals surface area (Å²) in [6.07, 6.45) is 3.87. The highest BCUT2D eigenvalue weighted by atomic mass is 127. The zero-order valence-corrected chi connectivity index (χ0v) is 15.8. The van der Waals surface area contributed by atoms with Gasteiger partial charge in [0.2, 0.25) is 0 Å². The summed E-state index contributed by atoms with van der Waals surface area (Å²) in [4.78, 5) is 4.07. The first kappa shape index (κ1) is 22.2. The Labute approximate surface area is 140 Å². The number of halogens is 1. The van der Waals surface area contributed by atoms with Crippen LogP contribution in [0.3, 0.4) is 0 Å². The van der Waals surface area contributed by atoms with Crippen molar-refractivity contribution in [1.29, 1.82) is 0 Å². The molecule has 0 aromatic heterocycles. The van der Waals surface area contributed by atoms with Gasteiger partial charge in [0.15, 0.2) is 5.96 Å². The van der Waals surface area contributed by atoms with Crippen molar-refractivity contribution in [3.63, 3.8) is 0 Å². The number of ether oxygens (including phenoxy) is 1. The molecule has 0 aromatic carbocycles. The van der Waals surface area contributed by atoms with E-state index >= 15 is 0 Å². The Balaban J connectivity index is 0. The average Bonchev–Trinajstić information content (AvgIpc) is 2.34. The van der Waals surface area contributed by atoms with E-state index in [9.17, 15) is 8.42 Å². The molecule has 0 unspecified atom stereocenters. The van der Waals surface area contributed by atoms with E-state index in [1.807, 2.05) is 6.92 Å². The molecule has 8 heteroatoms. The van der Waals surface area contributed by atoms with E-state index in [2.05, 4.69) is 15.6 Å². The van der Waals surface area contributed by atoms with Crippen molar-refractivity contribution in [2.75, 3.05) is 45.4 Å². The number of hydrogen-bond donors (Lipinski definition) is 2. The molecule has 0 radical (unpaired) electrons. The predicted molar refractivity (Wildman–Crippen MR) is 94.8 cm³/mol. The number of hydrogen-bond acceptors (Lipinski definition) is 4. The molecule has 0 atom stereocenters. The van der Waals surface area contributed by atoms with Crippen LogP contribution in [0.15, 0.2) is 4.99 Å². The summed E-state index contributed by atoms with van der Waals surface area (Å²) < 4.78 is 27.2. The predicted octanol–water partition coefficient (Wildman–Crippen LogP) is 1.02. The lowest BCUT2D eigenvalue weighted by atomic mass is 10.3. The largest absolute Gasteiger partial charge is 0.382 e. The monoisotopic (exact) mass is 421 g/mol. The molecule has 0 fully saturated rings. The lowest BCUT2D eigenvalue weighted by Gasteiger charge is -2.11. The summed E-state index contributed by atoms with van der Waals surface area (Å²) in [6.45, 7) is 4.97. The van der Waals surface area contributed by atoms with Crippen molar-refractivity contribution in [2.24, 2.45) is 4.99 Å². The summed E-state index contributed by atoms with van der Waals surface area (Å²) >= 11 is 0. The van der Waals surface area contributed by atoms with Gasteiger partial charge in [0.1, 0.15) is 9.84 Å². The molecule has 0 bridgehead atoms. The molecule has 0 rings (SSSR count). The van der Waals surface area contributed by atoms with E-state index in [4.69, 9.17) is 4.74 Å². The van der Waals surface area contributed by atoms with Crippen LogP contribution in [0.2, 0.25) is 0 Å². The number of sulfone groups is 1. The third-order valence-electron chi connectivity index (χ3n) is 2.42. The van der Waals surface area contributed by atoms with E-state index in [1.165, 1.54) is 6.26 Å². The number of nitrogens with one attached hydrogen (secondary N) is 2. The zero-order valence-electron chi connectivity index (χ0n) is 12.6. The van der Waals surface area contributed by atoms with Crippen molar-refractivity contribution < 1.29 is 13.2 Å². The fourth-order valence-corrected chi connectivity index (χ4v) is 2.11. The minimum atomic E-state index is -2.87. The molecule has 20 heavy (non-hydrogen) atoms. The zero-order chi connectivity index (χ0) is 14.6. The van der Waals surface area contributed by atoms with E-state index in [-0.39, 0.29) is 29.7 Å². The molecule has 0 saturated carbocycles. The molecular weight excluding hydrogens is 393 g/mol. The molecule has 0 aromatic rings. The Morgan fingerprint density at radius 3 is 2.25 bits per heavy atom. The summed E-state index contributed by atoms with van der Waals surface area (Å²) in [5.41, 5.74) is 0. The van der Waals surface area contributed by atoms with Gasteiger partial charge in [-0.2, -0.15) is 0 Å². The summed E-state index contributed by atoms with van der Waals surface area (Å²) in [5.74, 6) is 0.913. The van der Waals surface area contributed by atoms with Crippen molar-refractivity contribution in [1.82, 2.24) is 10.6 Å². The van der Waals surface area contributed by atoms with E-state index in [0.29, 0.717) is 18.9 Å². The Hall–Kier alpha value is -0.0900. The molecule has 6 nitrogen and oxygen atoms in total. The lowest BCUT2D eigenvalue weighted by Crippen LogP contribution is -2.38. The van der Waals surface area contributed by atoms with Gasteiger partial charge in [-0.05, 0) is 26.2 Å². The van der Waals surface area contributed by atoms with Crippen LogP contribution in [-0.4, -0.2) is 59.7 Å². The second-order valence-electron chi connectivity index (χ2n) is 4.31. The van der Waals surface area contributed by atoms with Crippen molar-refractivity contribution in [3.8, 4) is 0 Å². The molecule has 0 aliphatic rings. The highest BCUT2D eigenvalue weighted by molar-refractivity contribution is 14.0. The van der Waals surface area contributed by atoms with Crippen LogP contribution < -0.4 is 10.6 Å². The fourth-order valence-electron chi connectivity index (χ4n) is 1.44. The number of unbranched alkanes of at least 4 members (excludes halogenated alkanes) is 1. The van der Waals surface area contributed by atoms with Gasteiger partial charge in [0.25, 0.3) is 0 Å². The highest BCUT2D eigenvalue weighted by Crippen LogP contribution is 1.89. The second-order valence-corrected chi connectivity index (χ2v) is 6.57. The quantitative estimate of drug-likeness (QED) is 0.238. The Bertz CT molecular complexity index is 348. The Kier molecular flexibility index (Phi) is 15.4. The first-order valence-corrected chi connectivity index (χ1v) is 8.75. The van der Waals surface area contributed by atoms with Crippen LogP contribution in [0.5, 0.6) is 0 Å². The van der Waals surface area contributed by atoms with Gasteiger partial charge in [-0.15, -0.1) is 24.0 Å². The summed E-state index contributed by atoms with van der Waals surface area (Å²) in [7, 11) is -1.17. The van der Waals surface area contributed by atoms with Crippen LogP contribution in [0.1, 0.15) is 26.2 Å². The third-order valence-corrected chi connectivity index (χ3v) is 3.45. The van der Waals surface area contributed by atoms with E-state index < -0.39 is 9.84 Å². The normalized spacial score (nSPS) is 11.8. The summed E-state index contributed by atoms with van der Waals surface area (Å²) in [6, 6.07) is 0. The van der Waals surface area contributed by atoms with E-state index in [0.717, 1.165) is 32.6 Å². The molecule has 122 valence electrons. The van der Waals surface area contributed by atoms with Crippen LogP contribution >= 0.6 is 24.0 Å². The minimum Gasteiger partial charge on any atom is -0.382 e. The van der Waals surface area contributed by atoms with Gasteiger partial charge < -0.3 is 15.4 Å². The molecule has 0 saturated heterocycles. The SMILES string of the molecule is CCOCCCCNC(=NC)NCCCS(C)(=O)=O.I. The third kappa shape index (κ3) is 16.0. The first-order valence-electron chi connectivity index (χ1n) is 6.69. The highest BCUT2D eigenvalue weighted by Gasteiger charge is 2.02. The maximum Gasteiger partial charge on any atom is 0.190 e. The van der Waals surface area contributed by atoms with Crippen molar-refractivity contribution in [2.45, 2.75) is 26.2 Å². The smallest absolute Gasteiger partial charge is 0.190 e. The van der Waals surface area contributed by atoms with Gasteiger partial charge in [0.05, 0.1) is 5.75 Å². The topological polar surface area (TPSA) is 79.8 Å². The molecule has 0 amide bonds. The van der Waals surface area contributed by atoms with Crippen LogP contribution in [0, 0.1) is 0 Å². The molecule has 0 aliphatic heterocycles. The van der Waals surface area contributed by atoms with Gasteiger partial charge in [-0.1, -0.05) is 0 Å². The lowest BCUT2D eigenvalue weighted by molar-refractivity contribution is 0.143. The van der Waals surface area contributed by atoms with Crippen LogP contribution in [0.4, 0.5) is 0 Å². The molecular formula is C12H28IN3O3S. The van der Waals surface area contributed by atoms with Gasteiger partial charge in [0, 0.05) is 39.6 Å². The Morgan fingerprint density at radius 1 is 1.15 bits per heavy atom. The molecule has 0 heterocycles. The van der Waals surface area contributed by atoms with Gasteiger partial charge >= 0.3 is 0 Å². The molecule has 0 spiro atoms. The number of aliphatic imine (C=N–C) groups is 1. The Morgan fingerprint density at radius 2 is 1.75 bits per heavy atom. The number of nitrogens with zero attached hydrogens (tertiary/aromatic N) is 1. The molecule has 2 N–H and O–H groups in total. The van der Waals surface area contributed by atoms with Gasteiger partial charge in [-0.3, -0.25) is 4.99 Å². The second kappa shape index (κ2) is 13.9. The van der Waals surface area contributed by atoms with Crippen molar-refractivity contribution >= 4 is 39.8 Å². The van der Waals surface area contributed by atoms with E-state index in [1.54, 1.807) is 7.05 Å².